The minimum Gasteiger partial charge on any atom is -0.413 e. The Morgan fingerprint density at radius 3 is 2.44 bits per heavy atom. The van der Waals surface area contributed by atoms with Gasteiger partial charge in [0.1, 0.15) is 6.29 Å². The summed E-state index contributed by atoms with van der Waals surface area (Å²) >= 11 is 0. The van der Waals surface area contributed by atoms with Gasteiger partial charge in [0.25, 0.3) is 0 Å². The molecule has 0 amide bonds. The Bertz CT molecular complexity index is 296. The van der Waals surface area contributed by atoms with Crippen molar-refractivity contribution in [2.24, 2.45) is 0 Å². The number of allylic oxidation sites excluding steroid dienone is 1. The monoisotopic (exact) mass is 244 g/mol. The molecule has 0 bridgehead atoms. The number of carbonyl (C=O) groups is 1. The van der Waals surface area contributed by atoms with Crippen LogP contribution in [0.15, 0.2) is 12.7 Å². The molecule has 2 nitrogen and oxygen atoms in total. The highest BCUT2D eigenvalue weighted by molar-refractivity contribution is 6.74. The average Bonchev–Trinajstić information content (AvgIpc) is 2.22. The van der Waals surface area contributed by atoms with Gasteiger partial charge in [0.2, 0.25) is 0 Å². The van der Waals surface area contributed by atoms with E-state index in [0.717, 1.165) is 0 Å². The van der Waals surface area contributed by atoms with Gasteiger partial charge in [-0.2, -0.15) is 0 Å². The fraction of sp³-hybridized carbons (Fsp3) is 0.769. The zero-order chi connectivity index (χ0) is 14.6. The van der Waals surface area contributed by atoms with Crippen LogP contribution in [0.25, 0.3) is 0 Å². The fourth-order valence-electron chi connectivity index (χ4n) is 1.05. The average molecular weight is 244 g/mol. The molecule has 0 saturated carbocycles. The molecule has 0 unspecified atom stereocenters. The number of carbonyl (C=O) groups excluding carboxylic acids is 1. The van der Waals surface area contributed by atoms with Crippen LogP contribution in [0.1, 0.15) is 42.7 Å². The van der Waals surface area contributed by atoms with E-state index in [1.807, 2.05) is 0 Å². The Balaban J connectivity index is 5.01. The van der Waals surface area contributed by atoms with Crippen LogP contribution in [0.4, 0.5) is 0 Å². The molecule has 16 heavy (non-hydrogen) atoms. The standard InChI is InChI=1S/C13H26O2Si/c1-7-8-9-12(10-11-14)15-16(5,6)13(2,3)4/h7,11-12H,1,8-10H2,2-6H3/t12-/m1/s1/i10D2. The molecular formula is C13H26O2Si. The van der Waals surface area contributed by atoms with Crippen LogP contribution < -0.4 is 0 Å². The van der Waals surface area contributed by atoms with E-state index in [4.69, 9.17) is 7.17 Å². The van der Waals surface area contributed by atoms with Gasteiger partial charge in [-0.05, 0) is 31.0 Å². The maximum absolute atomic E-state index is 10.9. The van der Waals surface area contributed by atoms with Gasteiger partial charge in [0.15, 0.2) is 8.32 Å². The van der Waals surface area contributed by atoms with Gasteiger partial charge in [-0.15, -0.1) is 6.58 Å². The first-order chi connectivity index (χ1) is 7.98. The van der Waals surface area contributed by atoms with Gasteiger partial charge in [-0.25, -0.2) is 0 Å². The molecule has 94 valence electrons. The van der Waals surface area contributed by atoms with E-state index in [-0.39, 0.29) is 5.04 Å². The zero-order valence-electron chi connectivity index (χ0n) is 13.2. The number of aldehydes is 1. The van der Waals surface area contributed by atoms with Gasteiger partial charge in [-0.3, -0.25) is 0 Å². The van der Waals surface area contributed by atoms with Gasteiger partial charge in [-0.1, -0.05) is 26.8 Å². The van der Waals surface area contributed by atoms with Crippen molar-refractivity contribution in [1.82, 2.24) is 0 Å². The number of rotatable bonds is 7. The Morgan fingerprint density at radius 1 is 1.50 bits per heavy atom. The van der Waals surface area contributed by atoms with Crippen molar-refractivity contribution in [3.63, 3.8) is 0 Å². The lowest BCUT2D eigenvalue weighted by atomic mass is 10.1. The second-order valence-corrected chi connectivity index (χ2v) is 10.3. The Morgan fingerprint density at radius 2 is 2.06 bits per heavy atom. The van der Waals surface area contributed by atoms with Gasteiger partial charge in [0.05, 0.1) is 6.10 Å². The summed E-state index contributed by atoms with van der Waals surface area (Å²) in [5.74, 6) is 0. The van der Waals surface area contributed by atoms with Crippen molar-refractivity contribution in [3.05, 3.63) is 12.7 Å². The molecule has 0 aromatic rings. The van der Waals surface area contributed by atoms with Crippen LogP contribution in [0.5, 0.6) is 0 Å². The van der Waals surface area contributed by atoms with Crippen LogP contribution in [0, 0.1) is 0 Å². The van der Waals surface area contributed by atoms with Crippen molar-refractivity contribution in [1.29, 1.82) is 0 Å². The molecule has 0 heterocycles. The van der Waals surface area contributed by atoms with Crippen LogP contribution in [-0.4, -0.2) is 20.7 Å². The van der Waals surface area contributed by atoms with Gasteiger partial charge >= 0.3 is 0 Å². The minimum atomic E-state index is -2.08. The summed E-state index contributed by atoms with van der Waals surface area (Å²) in [4.78, 5) is 10.9. The van der Waals surface area contributed by atoms with Crippen LogP contribution in [-0.2, 0) is 9.22 Å². The predicted octanol–water partition coefficient (Wildman–Crippen LogP) is 3.93. The molecule has 0 rings (SSSR count). The van der Waals surface area contributed by atoms with Crippen molar-refractivity contribution in [3.8, 4) is 0 Å². The summed E-state index contributed by atoms with van der Waals surface area (Å²) in [7, 11) is -2.08. The topological polar surface area (TPSA) is 26.3 Å². The fourth-order valence-corrected chi connectivity index (χ4v) is 2.30. The molecule has 1 atom stereocenters. The first-order valence-electron chi connectivity index (χ1n) is 6.73. The van der Waals surface area contributed by atoms with Crippen molar-refractivity contribution in [2.45, 2.75) is 64.2 Å². The third-order valence-corrected chi connectivity index (χ3v) is 7.62. The van der Waals surface area contributed by atoms with Crippen LogP contribution >= 0.6 is 0 Å². The maximum Gasteiger partial charge on any atom is 0.192 e. The Hall–Kier alpha value is -0.413. The predicted molar refractivity (Wildman–Crippen MR) is 72.2 cm³/mol. The maximum atomic E-state index is 10.9. The highest BCUT2D eigenvalue weighted by Gasteiger charge is 2.38. The highest BCUT2D eigenvalue weighted by Crippen LogP contribution is 2.37. The summed E-state index contributed by atoms with van der Waals surface area (Å²) in [5.41, 5.74) is 0. The van der Waals surface area contributed by atoms with E-state index >= 15 is 0 Å². The zero-order valence-corrected chi connectivity index (χ0v) is 12.2. The summed E-state index contributed by atoms with van der Waals surface area (Å²) in [6, 6.07) is 0. The lowest BCUT2D eigenvalue weighted by molar-refractivity contribution is -0.109. The molecular weight excluding hydrogens is 216 g/mol. The summed E-state index contributed by atoms with van der Waals surface area (Å²) in [6.45, 7) is 14.1. The lowest BCUT2D eigenvalue weighted by Crippen LogP contribution is -2.44. The largest absolute Gasteiger partial charge is 0.413 e. The molecule has 0 aliphatic heterocycles. The van der Waals surface area contributed by atoms with E-state index in [1.54, 1.807) is 6.08 Å². The molecule has 3 heteroatoms. The van der Waals surface area contributed by atoms with Crippen molar-refractivity contribution in [2.75, 3.05) is 0 Å². The summed E-state index contributed by atoms with van der Waals surface area (Å²) in [6.07, 6.45) is 0.595. The third kappa shape index (κ3) is 5.08. The second-order valence-electron chi connectivity index (χ2n) is 5.52. The Labute approximate surface area is 104 Å². The third-order valence-electron chi connectivity index (χ3n) is 3.13. The quantitative estimate of drug-likeness (QED) is 0.385. The van der Waals surface area contributed by atoms with Crippen LogP contribution in [0.3, 0.4) is 0 Å². The lowest BCUT2D eigenvalue weighted by Gasteiger charge is -2.39. The molecule has 0 spiro atoms. The van der Waals surface area contributed by atoms with E-state index < -0.39 is 20.8 Å². The second kappa shape index (κ2) is 6.35. The molecule has 0 radical (unpaired) electrons. The molecule has 0 aliphatic carbocycles. The van der Waals surface area contributed by atoms with E-state index in [0.29, 0.717) is 19.1 Å². The number of hydrogen-bond donors (Lipinski definition) is 0. The van der Waals surface area contributed by atoms with Gasteiger partial charge in [0, 0.05) is 9.11 Å². The smallest absolute Gasteiger partial charge is 0.192 e. The minimum absolute atomic E-state index is 0.00159. The number of hydrogen-bond acceptors (Lipinski definition) is 2. The first-order valence-corrected chi connectivity index (χ1v) is 8.64. The van der Waals surface area contributed by atoms with E-state index in [1.165, 1.54) is 0 Å². The Kier molecular flexibility index (Phi) is 4.79. The molecule has 0 fully saturated rings. The molecule has 0 saturated heterocycles. The molecule has 0 aliphatic rings. The summed E-state index contributed by atoms with van der Waals surface area (Å²) in [5, 5.41) is -0.00159. The first kappa shape index (κ1) is 12.1. The van der Waals surface area contributed by atoms with Crippen molar-refractivity contribution >= 4 is 14.6 Å². The van der Waals surface area contributed by atoms with E-state index in [9.17, 15) is 4.79 Å². The highest BCUT2D eigenvalue weighted by atomic mass is 28.4. The molecule has 0 aromatic carbocycles. The van der Waals surface area contributed by atoms with E-state index in [2.05, 4.69) is 40.4 Å². The van der Waals surface area contributed by atoms with Crippen LogP contribution in [0.2, 0.25) is 18.1 Å². The molecule has 0 aromatic heterocycles. The molecule has 0 N–H and O–H groups in total. The summed E-state index contributed by atoms with van der Waals surface area (Å²) < 4.78 is 21.6. The normalized spacial score (nSPS) is 17.3. The SMILES string of the molecule is [2H]C([2H])(C=O)[C@@H](CCC=C)O[Si](C)(C)C(C)(C)C. The van der Waals surface area contributed by atoms with Gasteiger partial charge < -0.3 is 9.22 Å². The van der Waals surface area contributed by atoms with Crippen molar-refractivity contribution < 1.29 is 12.0 Å².